The van der Waals surface area contributed by atoms with E-state index in [-0.39, 0.29) is 6.61 Å². The third kappa shape index (κ3) is 10.6. The van der Waals surface area contributed by atoms with E-state index in [1.807, 2.05) is 13.8 Å². The first-order valence-electron chi connectivity index (χ1n) is 4.68. The van der Waals surface area contributed by atoms with E-state index in [0.29, 0.717) is 19.1 Å². The Morgan fingerprint density at radius 3 is 2.47 bits per heavy atom. The van der Waals surface area contributed by atoms with Gasteiger partial charge in [-0.05, 0) is 5.92 Å². The van der Waals surface area contributed by atoms with Gasteiger partial charge in [-0.2, -0.15) is 0 Å². The zero-order valence-electron chi connectivity index (χ0n) is 8.93. The van der Waals surface area contributed by atoms with Gasteiger partial charge in [-0.3, -0.25) is 0 Å². The summed E-state index contributed by atoms with van der Waals surface area (Å²) in [6, 6.07) is 0. The van der Waals surface area contributed by atoms with E-state index < -0.39 is 11.9 Å². The Bertz CT molecular complexity index is 232. The molecular formula is C10H16O5. The van der Waals surface area contributed by atoms with E-state index >= 15 is 0 Å². The minimum Gasteiger partial charge on any atom is -0.478 e. The maximum atomic E-state index is 10.8. The quantitative estimate of drug-likeness (QED) is 0.388. The average molecular weight is 216 g/mol. The molecule has 0 spiro atoms. The predicted molar refractivity (Wildman–Crippen MR) is 53.4 cm³/mol. The van der Waals surface area contributed by atoms with Crippen molar-refractivity contribution in [2.75, 3.05) is 19.8 Å². The largest absolute Gasteiger partial charge is 0.478 e. The molecule has 86 valence electrons. The standard InChI is InChI=1S/C10H16O5/c1-8(2)7-14-5-6-15-10(13)4-3-9(11)12/h3-4,8H,5-7H2,1-2H3,(H,11,12)/b4-3-. The normalized spacial score (nSPS) is 10.9. The second kappa shape index (κ2) is 7.99. The smallest absolute Gasteiger partial charge is 0.331 e. The Kier molecular flexibility index (Phi) is 7.27. The molecule has 0 aromatic heterocycles. The predicted octanol–water partition coefficient (Wildman–Crippen LogP) is 0.843. The molecule has 5 nitrogen and oxygen atoms in total. The Hall–Kier alpha value is -1.36. The monoisotopic (exact) mass is 216 g/mol. The Balaban J connectivity index is 3.43. The number of carbonyl (C=O) groups excluding carboxylic acids is 1. The van der Waals surface area contributed by atoms with E-state index in [4.69, 9.17) is 9.84 Å². The molecule has 0 saturated heterocycles. The highest BCUT2D eigenvalue weighted by Gasteiger charge is 1.98. The molecule has 0 aliphatic heterocycles. The molecule has 0 radical (unpaired) electrons. The second-order valence-corrected chi connectivity index (χ2v) is 3.31. The maximum Gasteiger partial charge on any atom is 0.331 e. The summed E-state index contributed by atoms with van der Waals surface area (Å²) in [5.41, 5.74) is 0. The van der Waals surface area contributed by atoms with Gasteiger partial charge in [0.15, 0.2) is 0 Å². The number of esters is 1. The van der Waals surface area contributed by atoms with Crippen molar-refractivity contribution >= 4 is 11.9 Å². The summed E-state index contributed by atoms with van der Waals surface area (Å²) in [6.45, 7) is 5.10. The van der Waals surface area contributed by atoms with Crippen LogP contribution in [-0.2, 0) is 19.1 Å². The van der Waals surface area contributed by atoms with Crippen molar-refractivity contribution in [2.45, 2.75) is 13.8 Å². The van der Waals surface area contributed by atoms with Crippen LogP contribution in [0.4, 0.5) is 0 Å². The highest BCUT2D eigenvalue weighted by molar-refractivity contribution is 5.90. The van der Waals surface area contributed by atoms with Gasteiger partial charge in [0, 0.05) is 18.8 Å². The summed E-state index contributed by atoms with van der Waals surface area (Å²) in [6.07, 6.45) is 1.60. The van der Waals surface area contributed by atoms with Gasteiger partial charge in [-0.1, -0.05) is 13.8 Å². The van der Waals surface area contributed by atoms with Gasteiger partial charge in [0.25, 0.3) is 0 Å². The lowest BCUT2D eigenvalue weighted by Crippen LogP contribution is -2.11. The first kappa shape index (κ1) is 13.6. The third-order valence-electron chi connectivity index (χ3n) is 1.29. The first-order valence-corrected chi connectivity index (χ1v) is 4.68. The molecule has 5 heteroatoms. The summed E-state index contributed by atoms with van der Waals surface area (Å²) in [4.78, 5) is 20.9. The molecule has 15 heavy (non-hydrogen) atoms. The molecule has 0 rings (SSSR count). The number of ether oxygens (including phenoxy) is 2. The minimum atomic E-state index is -1.18. The molecule has 0 aromatic rings. The number of carbonyl (C=O) groups is 2. The second-order valence-electron chi connectivity index (χ2n) is 3.31. The average Bonchev–Trinajstić information content (AvgIpc) is 2.13. The SMILES string of the molecule is CC(C)COCCOC(=O)/C=C\C(=O)O. The van der Waals surface area contributed by atoms with E-state index in [1.165, 1.54) is 0 Å². The molecule has 0 heterocycles. The van der Waals surface area contributed by atoms with Crippen LogP contribution >= 0.6 is 0 Å². The fourth-order valence-electron chi connectivity index (χ4n) is 0.708. The lowest BCUT2D eigenvalue weighted by Gasteiger charge is -2.06. The van der Waals surface area contributed by atoms with Gasteiger partial charge in [0.1, 0.15) is 6.61 Å². The molecule has 1 N–H and O–H groups in total. The highest BCUT2D eigenvalue weighted by atomic mass is 16.6. The Labute approximate surface area is 88.7 Å². The van der Waals surface area contributed by atoms with E-state index in [2.05, 4.69) is 4.74 Å². The van der Waals surface area contributed by atoms with Gasteiger partial charge < -0.3 is 14.6 Å². The number of carboxylic acids is 1. The van der Waals surface area contributed by atoms with E-state index in [1.54, 1.807) is 0 Å². The van der Waals surface area contributed by atoms with Crippen LogP contribution in [0, 0.1) is 5.92 Å². The van der Waals surface area contributed by atoms with E-state index in [9.17, 15) is 9.59 Å². The van der Waals surface area contributed by atoms with Gasteiger partial charge in [0.2, 0.25) is 0 Å². The molecule has 0 bridgehead atoms. The van der Waals surface area contributed by atoms with Crippen LogP contribution in [0.25, 0.3) is 0 Å². The van der Waals surface area contributed by atoms with Crippen LogP contribution in [0.1, 0.15) is 13.8 Å². The Morgan fingerprint density at radius 2 is 1.93 bits per heavy atom. The highest BCUT2D eigenvalue weighted by Crippen LogP contribution is 1.92. The number of hydrogen-bond donors (Lipinski definition) is 1. The molecule has 0 fully saturated rings. The fraction of sp³-hybridized carbons (Fsp3) is 0.600. The molecule has 0 unspecified atom stereocenters. The minimum absolute atomic E-state index is 0.134. The lowest BCUT2D eigenvalue weighted by atomic mass is 10.2. The van der Waals surface area contributed by atoms with Gasteiger partial charge in [-0.15, -0.1) is 0 Å². The molecule has 0 atom stereocenters. The zero-order chi connectivity index (χ0) is 11.7. The van der Waals surface area contributed by atoms with Crippen molar-refractivity contribution in [1.29, 1.82) is 0 Å². The summed E-state index contributed by atoms with van der Waals surface area (Å²) >= 11 is 0. The topological polar surface area (TPSA) is 72.8 Å². The van der Waals surface area contributed by atoms with Crippen molar-refractivity contribution in [1.82, 2.24) is 0 Å². The third-order valence-corrected chi connectivity index (χ3v) is 1.29. The lowest BCUT2D eigenvalue weighted by molar-refractivity contribution is -0.140. The molecule has 0 amide bonds. The van der Waals surface area contributed by atoms with Crippen molar-refractivity contribution in [2.24, 2.45) is 5.92 Å². The van der Waals surface area contributed by atoms with Gasteiger partial charge >= 0.3 is 11.9 Å². The van der Waals surface area contributed by atoms with Gasteiger partial charge in [0.05, 0.1) is 6.61 Å². The van der Waals surface area contributed by atoms with Crippen LogP contribution in [0.15, 0.2) is 12.2 Å². The van der Waals surface area contributed by atoms with Crippen LogP contribution in [-0.4, -0.2) is 36.9 Å². The first-order chi connectivity index (χ1) is 7.02. The van der Waals surface area contributed by atoms with Crippen molar-refractivity contribution in [3.05, 3.63) is 12.2 Å². The number of aliphatic carboxylic acids is 1. The van der Waals surface area contributed by atoms with Crippen LogP contribution in [0.2, 0.25) is 0 Å². The molecule has 0 aliphatic rings. The zero-order valence-corrected chi connectivity index (χ0v) is 8.93. The summed E-state index contributed by atoms with van der Waals surface area (Å²) in [5.74, 6) is -1.42. The number of rotatable bonds is 7. The van der Waals surface area contributed by atoms with E-state index in [0.717, 1.165) is 12.2 Å². The van der Waals surface area contributed by atoms with Crippen molar-refractivity contribution in [3.8, 4) is 0 Å². The molecule has 0 aliphatic carbocycles. The van der Waals surface area contributed by atoms with Crippen LogP contribution < -0.4 is 0 Å². The van der Waals surface area contributed by atoms with Crippen molar-refractivity contribution < 1.29 is 24.2 Å². The van der Waals surface area contributed by atoms with Gasteiger partial charge in [-0.25, -0.2) is 9.59 Å². The summed E-state index contributed by atoms with van der Waals surface area (Å²) in [5, 5.41) is 8.21. The fourth-order valence-corrected chi connectivity index (χ4v) is 0.708. The summed E-state index contributed by atoms with van der Waals surface area (Å²) in [7, 11) is 0. The van der Waals surface area contributed by atoms with Crippen molar-refractivity contribution in [3.63, 3.8) is 0 Å². The van der Waals surface area contributed by atoms with Crippen LogP contribution in [0.3, 0.4) is 0 Å². The summed E-state index contributed by atoms with van der Waals surface area (Å²) < 4.78 is 9.81. The molecule has 0 saturated carbocycles. The van der Waals surface area contributed by atoms with Crippen LogP contribution in [0.5, 0.6) is 0 Å². The maximum absolute atomic E-state index is 10.8. The molecular weight excluding hydrogens is 200 g/mol. The molecule has 0 aromatic carbocycles. The number of hydrogen-bond acceptors (Lipinski definition) is 4. The number of carboxylic acid groups (broad SMARTS) is 1. The Morgan fingerprint density at radius 1 is 1.27 bits per heavy atom.